The van der Waals surface area contributed by atoms with Gasteiger partial charge in [-0.3, -0.25) is 14.9 Å². The van der Waals surface area contributed by atoms with Gasteiger partial charge in [-0.25, -0.2) is 0 Å². The van der Waals surface area contributed by atoms with Crippen LogP contribution in [-0.2, 0) is 28.5 Å². The molecule has 8 nitrogen and oxygen atoms in total. The van der Waals surface area contributed by atoms with Crippen molar-refractivity contribution in [2.24, 2.45) is 11.8 Å². The van der Waals surface area contributed by atoms with E-state index in [1.165, 1.54) is 0 Å². The van der Waals surface area contributed by atoms with Gasteiger partial charge in [-0.1, -0.05) is 6.92 Å². The largest absolute Gasteiger partial charge is 0.465 e. The highest BCUT2D eigenvalue weighted by atomic mass is 16.6. The lowest BCUT2D eigenvalue weighted by molar-refractivity contribution is -0.187. The normalized spacial score (nSPS) is 47.2. The third kappa shape index (κ3) is 2.30. The summed E-state index contributed by atoms with van der Waals surface area (Å²) in [6.07, 6.45) is -1.53. The molecule has 0 aliphatic carbocycles. The van der Waals surface area contributed by atoms with Gasteiger partial charge in [-0.05, 0) is 12.3 Å². The van der Waals surface area contributed by atoms with Gasteiger partial charge in [0, 0.05) is 19.1 Å². The summed E-state index contributed by atoms with van der Waals surface area (Å²) in [4.78, 5) is 21.4. The molecule has 0 amide bonds. The van der Waals surface area contributed by atoms with Crippen molar-refractivity contribution in [3.63, 3.8) is 0 Å². The zero-order valence-electron chi connectivity index (χ0n) is 12.3. The second-order valence-corrected chi connectivity index (χ2v) is 6.16. The van der Waals surface area contributed by atoms with Crippen LogP contribution in [0.1, 0.15) is 13.3 Å². The van der Waals surface area contributed by atoms with Crippen molar-refractivity contribution in [1.29, 1.82) is 0 Å². The molecule has 7 atom stereocenters. The molecule has 0 spiro atoms. The van der Waals surface area contributed by atoms with E-state index in [-0.39, 0.29) is 24.5 Å². The SMILES string of the molecule is C[C@@H]1CCO[C@H]2C3CN[C@@H](OC=O)[C@]3(COC=O)O[C@H]2[C@@H]1O. The number of hydrogen-bond donors (Lipinski definition) is 2. The van der Waals surface area contributed by atoms with E-state index in [1.807, 2.05) is 6.92 Å². The molecule has 0 aromatic heterocycles. The lowest BCUT2D eigenvalue weighted by Gasteiger charge is -2.33. The molecule has 3 rings (SSSR count). The molecule has 124 valence electrons. The summed E-state index contributed by atoms with van der Waals surface area (Å²) in [5.74, 6) is -0.140. The fraction of sp³-hybridized carbons (Fsp3) is 0.857. The quantitative estimate of drug-likeness (QED) is 0.610. The van der Waals surface area contributed by atoms with E-state index in [4.69, 9.17) is 18.9 Å². The number of rotatable bonds is 5. The highest BCUT2D eigenvalue weighted by molar-refractivity contribution is 5.39. The number of carbonyl (C=O) groups is 2. The summed E-state index contributed by atoms with van der Waals surface area (Å²) in [7, 11) is 0. The van der Waals surface area contributed by atoms with E-state index >= 15 is 0 Å². The van der Waals surface area contributed by atoms with Crippen LogP contribution in [0.25, 0.3) is 0 Å². The number of fused-ring (bicyclic) bond motifs is 3. The molecule has 3 aliphatic rings. The predicted molar refractivity (Wildman–Crippen MR) is 71.6 cm³/mol. The van der Waals surface area contributed by atoms with Gasteiger partial charge in [-0.2, -0.15) is 0 Å². The first kappa shape index (κ1) is 15.7. The highest BCUT2D eigenvalue weighted by Gasteiger charge is 2.66. The minimum atomic E-state index is -1.03. The van der Waals surface area contributed by atoms with Gasteiger partial charge in [-0.15, -0.1) is 0 Å². The third-order valence-corrected chi connectivity index (χ3v) is 5.04. The maximum absolute atomic E-state index is 10.7. The summed E-state index contributed by atoms with van der Waals surface area (Å²) in [5, 5.41) is 13.5. The zero-order chi connectivity index (χ0) is 15.7. The molecule has 1 unspecified atom stereocenters. The lowest BCUT2D eigenvalue weighted by Crippen LogP contribution is -2.52. The average molecular weight is 315 g/mol. The molecular formula is C14H21NO7. The standard InChI is InChI=1S/C14H21NO7/c1-8-2-3-20-11-9-4-15-13(21-7-17)14(9,5-19-6-16)22-12(11)10(8)18/h6-13,15,18H,2-5H2,1H3/t8-,9?,10-,11+,12+,13+,14-/m1/s1. The molecule has 2 N–H and O–H groups in total. The summed E-state index contributed by atoms with van der Waals surface area (Å²) in [6.45, 7) is 3.57. The van der Waals surface area contributed by atoms with Crippen molar-refractivity contribution in [2.45, 2.75) is 43.5 Å². The fourth-order valence-corrected chi connectivity index (χ4v) is 3.83. The number of ether oxygens (including phenoxy) is 4. The second-order valence-electron chi connectivity index (χ2n) is 6.16. The monoisotopic (exact) mass is 315 g/mol. The van der Waals surface area contributed by atoms with Gasteiger partial charge in [0.2, 0.25) is 0 Å². The van der Waals surface area contributed by atoms with Crippen LogP contribution < -0.4 is 5.32 Å². The molecule has 0 saturated carbocycles. The molecule has 22 heavy (non-hydrogen) atoms. The molecule has 0 bridgehead atoms. The molecule has 3 saturated heterocycles. The van der Waals surface area contributed by atoms with Crippen LogP contribution in [0.5, 0.6) is 0 Å². The number of nitrogens with one attached hydrogen (secondary N) is 1. The number of aliphatic hydroxyl groups is 1. The molecule has 0 radical (unpaired) electrons. The minimum absolute atomic E-state index is 0.0382. The smallest absolute Gasteiger partial charge is 0.294 e. The first-order valence-corrected chi connectivity index (χ1v) is 7.49. The van der Waals surface area contributed by atoms with Crippen LogP contribution in [0.15, 0.2) is 0 Å². The molecule has 3 aliphatic heterocycles. The van der Waals surface area contributed by atoms with Crippen molar-refractivity contribution in [3.05, 3.63) is 0 Å². The van der Waals surface area contributed by atoms with E-state index < -0.39 is 24.0 Å². The van der Waals surface area contributed by atoms with Crippen molar-refractivity contribution in [3.8, 4) is 0 Å². The molecule has 0 aromatic carbocycles. The number of carbonyl (C=O) groups excluding carboxylic acids is 2. The van der Waals surface area contributed by atoms with Crippen LogP contribution >= 0.6 is 0 Å². The summed E-state index contributed by atoms with van der Waals surface area (Å²) >= 11 is 0. The Morgan fingerprint density at radius 3 is 2.91 bits per heavy atom. The van der Waals surface area contributed by atoms with Crippen molar-refractivity contribution < 1.29 is 33.6 Å². The van der Waals surface area contributed by atoms with Crippen LogP contribution in [0.3, 0.4) is 0 Å². The molecular weight excluding hydrogens is 294 g/mol. The Hall–Kier alpha value is -1.22. The highest BCUT2D eigenvalue weighted by Crippen LogP contribution is 2.47. The number of aliphatic hydroxyl groups excluding tert-OH is 1. The number of hydrogen-bond acceptors (Lipinski definition) is 8. The Balaban J connectivity index is 1.90. The fourth-order valence-electron chi connectivity index (χ4n) is 3.83. The minimum Gasteiger partial charge on any atom is -0.465 e. The Labute approximate surface area is 128 Å². The Morgan fingerprint density at radius 1 is 1.36 bits per heavy atom. The predicted octanol–water partition coefficient (Wildman–Crippen LogP) is -1.20. The lowest BCUT2D eigenvalue weighted by atomic mass is 9.85. The van der Waals surface area contributed by atoms with E-state index in [0.717, 1.165) is 6.42 Å². The van der Waals surface area contributed by atoms with E-state index in [0.29, 0.717) is 26.1 Å². The van der Waals surface area contributed by atoms with Crippen molar-refractivity contribution in [2.75, 3.05) is 19.8 Å². The van der Waals surface area contributed by atoms with Gasteiger partial charge in [0.25, 0.3) is 12.9 Å². The summed E-state index contributed by atoms with van der Waals surface area (Å²) in [6, 6.07) is 0. The van der Waals surface area contributed by atoms with Gasteiger partial charge in [0.15, 0.2) is 11.8 Å². The summed E-state index contributed by atoms with van der Waals surface area (Å²) in [5.41, 5.74) is -1.03. The molecule has 3 heterocycles. The van der Waals surface area contributed by atoms with E-state index in [9.17, 15) is 14.7 Å². The topological polar surface area (TPSA) is 103 Å². The Kier molecular flexibility index (Phi) is 4.35. The summed E-state index contributed by atoms with van der Waals surface area (Å²) < 4.78 is 22.0. The van der Waals surface area contributed by atoms with Gasteiger partial charge in [0.05, 0.1) is 12.2 Å². The Bertz CT molecular complexity index is 433. The van der Waals surface area contributed by atoms with Crippen LogP contribution in [-0.4, -0.2) is 68.0 Å². The van der Waals surface area contributed by atoms with Gasteiger partial charge < -0.3 is 24.1 Å². The third-order valence-electron chi connectivity index (χ3n) is 5.04. The average Bonchev–Trinajstić information content (AvgIpc) is 2.96. The van der Waals surface area contributed by atoms with Crippen LogP contribution in [0, 0.1) is 11.8 Å². The first-order chi connectivity index (χ1) is 10.6. The maximum Gasteiger partial charge on any atom is 0.294 e. The van der Waals surface area contributed by atoms with Gasteiger partial charge in [0.1, 0.15) is 12.7 Å². The van der Waals surface area contributed by atoms with Crippen molar-refractivity contribution >= 4 is 12.9 Å². The maximum atomic E-state index is 10.7. The van der Waals surface area contributed by atoms with E-state index in [2.05, 4.69) is 5.32 Å². The van der Waals surface area contributed by atoms with Gasteiger partial charge >= 0.3 is 0 Å². The molecule has 3 fully saturated rings. The van der Waals surface area contributed by atoms with E-state index in [1.54, 1.807) is 0 Å². The van der Waals surface area contributed by atoms with Crippen LogP contribution in [0.4, 0.5) is 0 Å². The molecule has 8 heteroatoms. The Morgan fingerprint density at radius 2 is 2.18 bits per heavy atom. The second kappa shape index (κ2) is 6.11. The van der Waals surface area contributed by atoms with Crippen LogP contribution in [0.2, 0.25) is 0 Å². The molecule has 0 aromatic rings. The van der Waals surface area contributed by atoms with Crippen molar-refractivity contribution in [1.82, 2.24) is 5.32 Å². The zero-order valence-corrected chi connectivity index (χ0v) is 12.3. The first-order valence-electron chi connectivity index (χ1n) is 7.49.